The standard InChI is InChI=1S/C14H19FN2.C2H6/c1-14(2,3)13-11-7-17(8-12(11)13)10-4-9(15)5-16-6-10;1-2/h4-6,11-13H,7-8H2,1-3H3;1-2H3. The maximum atomic E-state index is 13.1. The zero-order valence-corrected chi connectivity index (χ0v) is 12.7. The second-order valence-electron chi connectivity index (χ2n) is 6.49. The monoisotopic (exact) mass is 264 g/mol. The van der Waals surface area contributed by atoms with Crippen LogP contribution in [0.25, 0.3) is 0 Å². The van der Waals surface area contributed by atoms with E-state index in [9.17, 15) is 4.39 Å². The molecule has 1 aliphatic heterocycles. The Balaban J connectivity index is 0.000000637. The number of hydrogen-bond donors (Lipinski definition) is 0. The number of pyridine rings is 1. The van der Waals surface area contributed by atoms with E-state index in [-0.39, 0.29) is 5.82 Å². The third kappa shape index (κ3) is 2.75. The van der Waals surface area contributed by atoms with Gasteiger partial charge in [0.2, 0.25) is 0 Å². The predicted molar refractivity (Wildman–Crippen MR) is 77.7 cm³/mol. The smallest absolute Gasteiger partial charge is 0.143 e. The van der Waals surface area contributed by atoms with Gasteiger partial charge in [0.25, 0.3) is 0 Å². The van der Waals surface area contributed by atoms with Crippen LogP contribution in [0.2, 0.25) is 0 Å². The van der Waals surface area contributed by atoms with Gasteiger partial charge in [-0.15, -0.1) is 0 Å². The van der Waals surface area contributed by atoms with Gasteiger partial charge in [-0.3, -0.25) is 4.98 Å². The molecular formula is C16H25FN2. The highest BCUT2D eigenvalue weighted by Gasteiger charge is 2.59. The first-order valence-corrected chi connectivity index (χ1v) is 7.32. The van der Waals surface area contributed by atoms with Gasteiger partial charge in [0, 0.05) is 19.2 Å². The van der Waals surface area contributed by atoms with E-state index in [0.29, 0.717) is 5.41 Å². The number of halogens is 1. The summed E-state index contributed by atoms with van der Waals surface area (Å²) in [6.45, 7) is 13.1. The van der Waals surface area contributed by atoms with Gasteiger partial charge in [0.15, 0.2) is 0 Å². The van der Waals surface area contributed by atoms with Gasteiger partial charge in [0.05, 0.1) is 18.1 Å². The minimum absolute atomic E-state index is 0.240. The van der Waals surface area contributed by atoms with Gasteiger partial charge in [-0.05, 0) is 23.2 Å². The molecular weight excluding hydrogens is 239 g/mol. The summed E-state index contributed by atoms with van der Waals surface area (Å²) in [7, 11) is 0. The third-order valence-corrected chi connectivity index (χ3v) is 4.25. The number of anilines is 1. The molecule has 106 valence electrons. The molecule has 1 aromatic rings. The topological polar surface area (TPSA) is 16.1 Å². The van der Waals surface area contributed by atoms with Gasteiger partial charge in [-0.2, -0.15) is 0 Å². The molecule has 0 N–H and O–H groups in total. The highest BCUT2D eigenvalue weighted by atomic mass is 19.1. The summed E-state index contributed by atoms with van der Waals surface area (Å²) < 4.78 is 13.1. The normalized spacial score (nSPS) is 28.5. The van der Waals surface area contributed by atoms with Crippen LogP contribution in [0.3, 0.4) is 0 Å². The van der Waals surface area contributed by atoms with Crippen molar-refractivity contribution < 1.29 is 4.39 Å². The minimum atomic E-state index is -0.240. The Morgan fingerprint density at radius 2 is 1.74 bits per heavy atom. The van der Waals surface area contributed by atoms with E-state index in [1.165, 1.54) is 6.20 Å². The number of fused-ring (bicyclic) bond motifs is 1. The average Bonchev–Trinajstić information content (AvgIpc) is 2.90. The molecule has 19 heavy (non-hydrogen) atoms. The Morgan fingerprint density at radius 3 is 2.21 bits per heavy atom. The van der Waals surface area contributed by atoms with Crippen molar-refractivity contribution >= 4 is 5.69 Å². The summed E-state index contributed by atoms with van der Waals surface area (Å²) in [5.41, 5.74) is 1.35. The molecule has 3 rings (SSSR count). The molecule has 1 aromatic heterocycles. The Hall–Kier alpha value is -1.12. The predicted octanol–water partition coefficient (Wildman–Crippen LogP) is 3.98. The van der Waals surface area contributed by atoms with E-state index in [1.807, 2.05) is 13.8 Å². The van der Waals surface area contributed by atoms with Gasteiger partial charge in [0.1, 0.15) is 5.82 Å². The number of piperidine rings is 1. The maximum absolute atomic E-state index is 13.1. The first-order chi connectivity index (χ1) is 8.97. The molecule has 0 aromatic carbocycles. The molecule has 2 fully saturated rings. The Bertz CT molecular complexity index is 427. The SMILES string of the molecule is CC.CC(C)(C)C1C2CN(c3cncc(F)c3)CC21. The zero-order chi connectivity index (χ0) is 14.2. The molecule has 1 saturated carbocycles. The van der Waals surface area contributed by atoms with Crippen molar-refractivity contribution in [2.75, 3.05) is 18.0 Å². The van der Waals surface area contributed by atoms with Crippen LogP contribution in [0.4, 0.5) is 10.1 Å². The number of rotatable bonds is 1. The van der Waals surface area contributed by atoms with Crippen LogP contribution in [0.1, 0.15) is 34.6 Å². The van der Waals surface area contributed by atoms with E-state index in [2.05, 4.69) is 30.7 Å². The van der Waals surface area contributed by atoms with Crippen molar-refractivity contribution in [3.63, 3.8) is 0 Å². The van der Waals surface area contributed by atoms with E-state index in [4.69, 9.17) is 0 Å². The lowest BCUT2D eigenvalue weighted by molar-refractivity contribution is 0.309. The molecule has 0 spiro atoms. The van der Waals surface area contributed by atoms with Gasteiger partial charge in [-0.25, -0.2) is 4.39 Å². The maximum Gasteiger partial charge on any atom is 0.143 e. The highest BCUT2D eigenvalue weighted by Crippen LogP contribution is 2.60. The Kier molecular flexibility index (Phi) is 3.84. The molecule has 2 atom stereocenters. The molecule has 0 amide bonds. The lowest BCUT2D eigenvalue weighted by Gasteiger charge is -2.26. The summed E-state index contributed by atoms with van der Waals surface area (Å²) >= 11 is 0. The fourth-order valence-corrected chi connectivity index (χ4v) is 3.60. The van der Waals surface area contributed by atoms with Crippen LogP contribution in [0.5, 0.6) is 0 Å². The molecule has 2 aliphatic rings. The van der Waals surface area contributed by atoms with Crippen LogP contribution in [-0.4, -0.2) is 18.1 Å². The lowest BCUT2D eigenvalue weighted by Crippen LogP contribution is -2.27. The van der Waals surface area contributed by atoms with Crippen molar-refractivity contribution in [2.45, 2.75) is 34.6 Å². The Labute approximate surface area is 116 Å². The average molecular weight is 264 g/mol. The van der Waals surface area contributed by atoms with Gasteiger partial charge < -0.3 is 4.90 Å². The first kappa shape index (κ1) is 14.3. The molecule has 2 nitrogen and oxygen atoms in total. The van der Waals surface area contributed by atoms with Crippen LogP contribution < -0.4 is 4.90 Å². The fraction of sp³-hybridized carbons (Fsp3) is 0.688. The van der Waals surface area contributed by atoms with Gasteiger partial charge >= 0.3 is 0 Å². The molecule has 2 heterocycles. The summed E-state index contributed by atoms with van der Waals surface area (Å²) in [5.74, 6) is 2.22. The van der Waals surface area contributed by atoms with E-state index < -0.39 is 0 Å². The van der Waals surface area contributed by atoms with Crippen molar-refractivity contribution in [1.29, 1.82) is 0 Å². The summed E-state index contributed by atoms with van der Waals surface area (Å²) in [6, 6.07) is 1.59. The van der Waals surface area contributed by atoms with Crippen LogP contribution in [-0.2, 0) is 0 Å². The quantitative estimate of drug-likeness (QED) is 0.763. The molecule has 1 aliphatic carbocycles. The van der Waals surface area contributed by atoms with Crippen molar-refractivity contribution in [3.05, 3.63) is 24.3 Å². The van der Waals surface area contributed by atoms with Gasteiger partial charge in [-0.1, -0.05) is 34.6 Å². The molecule has 2 unspecified atom stereocenters. The number of nitrogens with zero attached hydrogens (tertiary/aromatic N) is 2. The third-order valence-electron chi connectivity index (χ3n) is 4.25. The zero-order valence-electron chi connectivity index (χ0n) is 12.7. The second-order valence-corrected chi connectivity index (χ2v) is 6.49. The van der Waals surface area contributed by atoms with E-state index >= 15 is 0 Å². The summed E-state index contributed by atoms with van der Waals surface area (Å²) in [4.78, 5) is 6.19. The van der Waals surface area contributed by atoms with Crippen molar-refractivity contribution in [2.24, 2.45) is 23.2 Å². The molecule has 0 radical (unpaired) electrons. The largest absolute Gasteiger partial charge is 0.370 e. The van der Waals surface area contributed by atoms with Crippen molar-refractivity contribution in [3.8, 4) is 0 Å². The Morgan fingerprint density at radius 1 is 1.16 bits per heavy atom. The van der Waals surface area contributed by atoms with Crippen LogP contribution in [0, 0.1) is 29.0 Å². The summed E-state index contributed by atoms with van der Waals surface area (Å²) in [5, 5.41) is 0. The van der Waals surface area contributed by atoms with E-state index in [1.54, 1.807) is 12.3 Å². The van der Waals surface area contributed by atoms with Crippen molar-refractivity contribution in [1.82, 2.24) is 4.98 Å². The number of aromatic nitrogens is 1. The second kappa shape index (κ2) is 5.10. The summed E-state index contributed by atoms with van der Waals surface area (Å²) in [6.07, 6.45) is 3.03. The fourth-order valence-electron chi connectivity index (χ4n) is 3.60. The minimum Gasteiger partial charge on any atom is -0.370 e. The molecule has 3 heteroatoms. The van der Waals surface area contributed by atoms with Crippen LogP contribution in [0.15, 0.2) is 18.5 Å². The molecule has 0 bridgehead atoms. The van der Waals surface area contributed by atoms with E-state index in [0.717, 1.165) is 36.5 Å². The number of hydrogen-bond acceptors (Lipinski definition) is 2. The molecule has 1 saturated heterocycles. The van der Waals surface area contributed by atoms with Crippen LogP contribution >= 0.6 is 0 Å². The first-order valence-electron chi connectivity index (χ1n) is 7.32. The lowest BCUT2D eigenvalue weighted by atomic mass is 9.87. The highest BCUT2D eigenvalue weighted by molar-refractivity contribution is 5.47.